The van der Waals surface area contributed by atoms with Crippen LogP contribution >= 0.6 is 0 Å². The molecular formula is C24H34N2O3. The summed E-state index contributed by atoms with van der Waals surface area (Å²) in [6.45, 7) is 5.26. The van der Waals surface area contributed by atoms with Crippen LogP contribution < -0.4 is 5.32 Å². The highest BCUT2D eigenvalue weighted by Crippen LogP contribution is 2.36. The molecule has 1 aromatic rings. The van der Waals surface area contributed by atoms with E-state index in [-0.39, 0.29) is 11.9 Å². The van der Waals surface area contributed by atoms with E-state index in [1.807, 2.05) is 6.92 Å². The number of carbonyl (C=O) groups is 2. The molecule has 1 N–H and O–H groups in total. The molecule has 0 radical (unpaired) electrons. The van der Waals surface area contributed by atoms with Gasteiger partial charge in [-0.15, -0.1) is 0 Å². The minimum atomic E-state index is -0.0793. The van der Waals surface area contributed by atoms with Gasteiger partial charge in [0.05, 0.1) is 6.61 Å². The number of rotatable bonds is 6. The van der Waals surface area contributed by atoms with E-state index >= 15 is 0 Å². The first-order valence-electron chi connectivity index (χ1n) is 11.5. The summed E-state index contributed by atoms with van der Waals surface area (Å²) in [5, 5.41) is 3.43. The Kier molecular flexibility index (Phi) is 6.53. The lowest BCUT2D eigenvalue weighted by molar-refractivity contribution is -0.143. The molecule has 2 fully saturated rings. The smallest absolute Gasteiger partial charge is 0.305 e. The Balaban J connectivity index is 1.32. The molecule has 0 atom stereocenters. The van der Waals surface area contributed by atoms with Crippen molar-refractivity contribution >= 4 is 11.9 Å². The molecule has 0 spiro atoms. The molecule has 4 rings (SSSR count). The third-order valence-electron chi connectivity index (χ3n) is 7.09. The molecule has 1 saturated carbocycles. The molecule has 1 saturated heterocycles. The number of ether oxygens (including phenoxy) is 1. The molecule has 5 nitrogen and oxygen atoms in total. The van der Waals surface area contributed by atoms with Crippen LogP contribution in [-0.2, 0) is 16.1 Å². The van der Waals surface area contributed by atoms with Crippen molar-refractivity contribution in [3.8, 4) is 0 Å². The van der Waals surface area contributed by atoms with E-state index in [9.17, 15) is 9.59 Å². The molecule has 2 aliphatic heterocycles. The average molecular weight is 399 g/mol. The van der Waals surface area contributed by atoms with Crippen LogP contribution in [-0.4, -0.2) is 42.5 Å². The van der Waals surface area contributed by atoms with Crippen molar-refractivity contribution < 1.29 is 14.3 Å². The number of hydrogen-bond donors (Lipinski definition) is 1. The number of carbonyl (C=O) groups excluding carboxylic acids is 2. The van der Waals surface area contributed by atoms with Crippen molar-refractivity contribution in [2.24, 2.45) is 5.92 Å². The first kappa shape index (κ1) is 20.4. The zero-order chi connectivity index (χ0) is 20.2. The number of benzene rings is 1. The van der Waals surface area contributed by atoms with Gasteiger partial charge < -0.3 is 15.0 Å². The lowest BCUT2D eigenvalue weighted by Crippen LogP contribution is -2.38. The summed E-state index contributed by atoms with van der Waals surface area (Å²) in [6, 6.07) is 6.90. The fourth-order valence-electron chi connectivity index (χ4n) is 5.37. The average Bonchev–Trinajstić information content (AvgIpc) is 3.09. The highest BCUT2D eigenvalue weighted by atomic mass is 16.5. The van der Waals surface area contributed by atoms with Crippen molar-refractivity contribution in [2.75, 3.05) is 19.7 Å². The fraction of sp³-hybridized carbons (Fsp3) is 0.667. The molecule has 5 heteroatoms. The van der Waals surface area contributed by atoms with E-state index in [0.717, 1.165) is 57.3 Å². The number of fused-ring (bicyclic) bond motifs is 1. The van der Waals surface area contributed by atoms with Crippen LogP contribution in [0.3, 0.4) is 0 Å². The first-order valence-corrected chi connectivity index (χ1v) is 11.5. The summed E-state index contributed by atoms with van der Waals surface area (Å²) in [7, 11) is 0. The number of amides is 1. The Labute approximate surface area is 174 Å². The fourth-order valence-corrected chi connectivity index (χ4v) is 5.37. The van der Waals surface area contributed by atoms with Crippen molar-refractivity contribution in [1.29, 1.82) is 0 Å². The summed E-state index contributed by atoms with van der Waals surface area (Å²) in [5.41, 5.74) is 3.53. The highest BCUT2D eigenvalue weighted by molar-refractivity contribution is 5.98. The summed E-state index contributed by atoms with van der Waals surface area (Å²) in [6.07, 6.45) is 8.12. The number of esters is 1. The van der Waals surface area contributed by atoms with Gasteiger partial charge in [0, 0.05) is 24.6 Å². The van der Waals surface area contributed by atoms with Crippen molar-refractivity contribution in [3.05, 3.63) is 34.9 Å². The SMILES string of the molecule is CCOC(=O)CCC1CCC(N2Cc3cc(C4CCNCC4)ccc3C2=O)CC1. The summed E-state index contributed by atoms with van der Waals surface area (Å²) in [5.74, 6) is 1.35. The molecule has 2 heterocycles. The van der Waals surface area contributed by atoms with E-state index in [0.29, 0.717) is 30.9 Å². The molecule has 1 aliphatic carbocycles. The minimum absolute atomic E-state index is 0.0793. The third-order valence-corrected chi connectivity index (χ3v) is 7.09. The maximum Gasteiger partial charge on any atom is 0.305 e. The van der Waals surface area contributed by atoms with Crippen LogP contribution in [0.1, 0.15) is 85.7 Å². The molecule has 3 aliphatic rings. The van der Waals surface area contributed by atoms with Gasteiger partial charge >= 0.3 is 5.97 Å². The molecular weight excluding hydrogens is 364 g/mol. The van der Waals surface area contributed by atoms with Gasteiger partial charge in [0.15, 0.2) is 0 Å². The van der Waals surface area contributed by atoms with Gasteiger partial charge in [-0.05, 0) is 94.0 Å². The Bertz CT molecular complexity index is 734. The van der Waals surface area contributed by atoms with Gasteiger partial charge in [0.1, 0.15) is 0 Å². The molecule has 1 aromatic carbocycles. The second kappa shape index (κ2) is 9.29. The number of hydrogen-bond acceptors (Lipinski definition) is 4. The van der Waals surface area contributed by atoms with Gasteiger partial charge in [-0.1, -0.05) is 12.1 Å². The van der Waals surface area contributed by atoms with Crippen LogP contribution in [0, 0.1) is 5.92 Å². The van der Waals surface area contributed by atoms with E-state index in [1.54, 1.807) is 0 Å². The Morgan fingerprint density at radius 2 is 1.90 bits per heavy atom. The van der Waals surface area contributed by atoms with Gasteiger partial charge in [-0.25, -0.2) is 0 Å². The van der Waals surface area contributed by atoms with Gasteiger partial charge in [0.2, 0.25) is 0 Å². The Hall–Kier alpha value is -1.88. The molecule has 0 bridgehead atoms. The maximum atomic E-state index is 13.0. The van der Waals surface area contributed by atoms with Crippen LogP contribution in [0.5, 0.6) is 0 Å². The summed E-state index contributed by atoms with van der Waals surface area (Å²) >= 11 is 0. The first-order chi connectivity index (χ1) is 14.2. The predicted octanol–water partition coefficient (Wildman–Crippen LogP) is 4.01. The third kappa shape index (κ3) is 4.66. The molecule has 1 amide bonds. The van der Waals surface area contributed by atoms with E-state index < -0.39 is 0 Å². The lowest BCUT2D eigenvalue weighted by atomic mass is 9.83. The molecule has 0 unspecified atom stereocenters. The standard InChI is InChI=1S/C24H34N2O3/c1-2-29-23(27)10-5-17-3-7-21(8-4-17)26-16-20-15-19(6-9-22(20)24(26)28)18-11-13-25-14-12-18/h6,9,15,17-18,21,25H,2-5,7-8,10-14,16H2,1H3. The topological polar surface area (TPSA) is 58.6 Å². The second-order valence-electron chi connectivity index (χ2n) is 8.89. The zero-order valence-corrected chi connectivity index (χ0v) is 17.6. The lowest BCUT2D eigenvalue weighted by Gasteiger charge is -2.34. The van der Waals surface area contributed by atoms with Crippen molar-refractivity contribution in [3.63, 3.8) is 0 Å². The van der Waals surface area contributed by atoms with Gasteiger partial charge in [0.25, 0.3) is 5.91 Å². The Morgan fingerprint density at radius 1 is 1.14 bits per heavy atom. The van der Waals surface area contributed by atoms with Gasteiger partial charge in [-0.2, -0.15) is 0 Å². The van der Waals surface area contributed by atoms with Gasteiger partial charge in [-0.3, -0.25) is 9.59 Å². The van der Waals surface area contributed by atoms with Crippen LogP contribution in [0.15, 0.2) is 18.2 Å². The summed E-state index contributed by atoms with van der Waals surface area (Å²) in [4.78, 5) is 26.7. The number of nitrogens with zero attached hydrogens (tertiary/aromatic N) is 1. The van der Waals surface area contributed by atoms with E-state index in [1.165, 1.54) is 24.0 Å². The Morgan fingerprint density at radius 3 is 2.62 bits per heavy atom. The minimum Gasteiger partial charge on any atom is -0.466 e. The predicted molar refractivity (Wildman–Crippen MR) is 113 cm³/mol. The van der Waals surface area contributed by atoms with E-state index in [4.69, 9.17) is 4.74 Å². The van der Waals surface area contributed by atoms with Crippen LogP contribution in [0.25, 0.3) is 0 Å². The zero-order valence-electron chi connectivity index (χ0n) is 17.6. The molecule has 29 heavy (non-hydrogen) atoms. The number of piperidine rings is 1. The van der Waals surface area contributed by atoms with Crippen LogP contribution in [0.2, 0.25) is 0 Å². The molecule has 158 valence electrons. The highest BCUT2D eigenvalue weighted by Gasteiger charge is 2.35. The van der Waals surface area contributed by atoms with Crippen molar-refractivity contribution in [2.45, 2.75) is 76.8 Å². The second-order valence-corrected chi connectivity index (χ2v) is 8.89. The van der Waals surface area contributed by atoms with Crippen molar-refractivity contribution in [1.82, 2.24) is 10.2 Å². The van der Waals surface area contributed by atoms with Crippen LogP contribution in [0.4, 0.5) is 0 Å². The normalized spacial score (nSPS) is 25.1. The van der Waals surface area contributed by atoms with E-state index in [2.05, 4.69) is 28.4 Å². The monoisotopic (exact) mass is 398 g/mol. The number of nitrogens with one attached hydrogen (secondary N) is 1. The largest absolute Gasteiger partial charge is 0.466 e. The maximum absolute atomic E-state index is 13.0. The summed E-state index contributed by atoms with van der Waals surface area (Å²) < 4.78 is 5.04. The molecule has 0 aromatic heterocycles. The quantitative estimate of drug-likeness (QED) is 0.736.